The van der Waals surface area contributed by atoms with Crippen LogP contribution in [0.2, 0.25) is 0 Å². The molecule has 0 aromatic heterocycles. The third kappa shape index (κ3) is 2.86. The minimum Gasteiger partial charge on any atom is -0.492 e. The number of piperidine rings is 1. The SMILES string of the molecule is CN1CCCCC1COc1cccc2c1CCCN2. The van der Waals surface area contributed by atoms with Gasteiger partial charge in [-0.3, -0.25) is 0 Å². The van der Waals surface area contributed by atoms with Gasteiger partial charge in [0.15, 0.2) is 0 Å². The monoisotopic (exact) mass is 260 g/mol. The van der Waals surface area contributed by atoms with E-state index in [0.717, 1.165) is 25.3 Å². The van der Waals surface area contributed by atoms with Crippen molar-refractivity contribution in [3.8, 4) is 5.75 Å². The van der Waals surface area contributed by atoms with Crippen LogP contribution in [-0.2, 0) is 6.42 Å². The maximum absolute atomic E-state index is 6.13. The van der Waals surface area contributed by atoms with Gasteiger partial charge in [0.1, 0.15) is 12.4 Å². The molecule has 2 heterocycles. The third-order valence-electron chi connectivity index (χ3n) is 4.40. The van der Waals surface area contributed by atoms with Crippen LogP contribution in [-0.4, -0.2) is 37.7 Å². The number of rotatable bonds is 3. The lowest BCUT2D eigenvalue weighted by molar-refractivity contribution is 0.124. The number of hydrogen-bond acceptors (Lipinski definition) is 3. The van der Waals surface area contributed by atoms with E-state index in [1.807, 2.05) is 0 Å². The second kappa shape index (κ2) is 5.83. The van der Waals surface area contributed by atoms with Crippen LogP contribution in [0.4, 0.5) is 5.69 Å². The number of hydrogen-bond donors (Lipinski definition) is 1. The number of nitrogens with zero attached hydrogens (tertiary/aromatic N) is 1. The zero-order chi connectivity index (χ0) is 13.1. The van der Waals surface area contributed by atoms with Gasteiger partial charge in [-0.15, -0.1) is 0 Å². The number of benzene rings is 1. The van der Waals surface area contributed by atoms with Crippen molar-refractivity contribution in [3.63, 3.8) is 0 Å². The molecule has 1 fully saturated rings. The molecule has 3 nitrogen and oxygen atoms in total. The van der Waals surface area contributed by atoms with Crippen molar-refractivity contribution in [2.24, 2.45) is 0 Å². The summed E-state index contributed by atoms with van der Waals surface area (Å²) in [6.45, 7) is 3.12. The van der Waals surface area contributed by atoms with Crippen molar-refractivity contribution in [3.05, 3.63) is 23.8 Å². The summed E-state index contributed by atoms with van der Waals surface area (Å²) >= 11 is 0. The quantitative estimate of drug-likeness (QED) is 0.904. The fourth-order valence-corrected chi connectivity index (χ4v) is 3.15. The molecule has 1 unspecified atom stereocenters. The first-order chi connectivity index (χ1) is 9.34. The molecule has 3 rings (SSSR count). The van der Waals surface area contributed by atoms with Crippen LogP contribution in [0, 0.1) is 0 Å². The zero-order valence-electron chi connectivity index (χ0n) is 11.8. The number of anilines is 1. The first-order valence-corrected chi connectivity index (χ1v) is 7.53. The van der Waals surface area contributed by atoms with Gasteiger partial charge in [0.2, 0.25) is 0 Å². The van der Waals surface area contributed by atoms with E-state index in [0.29, 0.717) is 6.04 Å². The van der Waals surface area contributed by atoms with Crippen LogP contribution in [0.25, 0.3) is 0 Å². The average molecular weight is 260 g/mol. The Balaban J connectivity index is 1.66. The summed E-state index contributed by atoms with van der Waals surface area (Å²) in [7, 11) is 2.22. The first-order valence-electron chi connectivity index (χ1n) is 7.53. The van der Waals surface area contributed by atoms with Gasteiger partial charge in [-0.05, 0) is 51.4 Å². The highest BCUT2D eigenvalue weighted by Gasteiger charge is 2.20. The van der Waals surface area contributed by atoms with Gasteiger partial charge in [-0.2, -0.15) is 0 Å². The molecule has 1 aromatic rings. The topological polar surface area (TPSA) is 24.5 Å². The van der Waals surface area contributed by atoms with Crippen LogP contribution >= 0.6 is 0 Å². The molecule has 0 amide bonds. The number of likely N-dealkylation sites (N-methyl/N-ethyl adjacent to an activating group) is 1. The molecule has 1 saturated heterocycles. The Kier molecular flexibility index (Phi) is 3.92. The van der Waals surface area contributed by atoms with Crippen molar-refractivity contribution in [1.82, 2.24) is 4.90 Å². The normalized spacial score (nSPS) is 23.5. The Labute approximate surface area is 115 Å². The molecule has 104 valence electrons. The van der Waals surface area contributed by atoms with E-state index >= 15 is 0 Å². The Morgan fingerprint density at radius 2 is 2.26 bits per heavy atom. The van der Waals surface area contributed by atoms with Crippen LogP contribution < -0.4 is 10.1 Å². The van der Waals surface area contributed by atoms with Gasteiger partial charge in [0.05, 0.1) is 0 Å². The van der Waals surface area contributed by atoms with Gasteiger partial charge in [0, 0.05) is 23.8 Å². The van der Waals surface area contributed by atoms with Crippen LogP contribution in [0.1, 0.15) is 31.2 Å². The van der Waals surface area contributed by atoms with Crippen molar-refractivity contribution in [1.29, 1.82) is 0 Å². The highest BCUT2D eigenvalue weighted by Crippen LogP contribution is 2.31. The lowest BCUT2D eigenvalue weighted by atomic mass is 10.0. The van der Waals surface area contributed by atoms with Crippen molar-refractivity contribution < 1.29 is 4.74 Å². The smallest absolute Gasteiger partial charge is 0.124 e. The van der Waals surface area contributed by atoms with Gasteiger partial charge >= 0.3 is 0 Å². The molecule has 0 saturated carbocycles. The average Bonchev–Trinajstić information content (AvgIpc) is 2.46. The molecule has 0 bridgehead atoms. The van der Waals surface area contributed by atoms with E-state index < -0.39 is 0 Å². The summed E-state index contributed by atoms with van der Waals surface area (Å²) in [5.41, 5.74) is 2.63. The number of ether oxygens (including phenoxy) is 1. The zero-order valence-corrected chi connectivity index (χ0v) is 11.8. The van der Waals surface area contributed by atoms with Gasteiger partial charge in [0.25, 0.3) is 0 Å². The predicted octanol–water partition coefficient (Wildman–Crippen LogP) is 2.91. The largest absolute Gasteiger partial charge is 0.492 e. The number of fused-ring (bicyclic) bond motifs is 1. The molecule has 0 aliphatic carbocycles. The molecule has 2 aliphatic heterocycles. The summed E-state index contributed by atoms with van der Waals surface area (Å²) < 4.78 is 6.13. The van der Waals surface area contributed by atoms with E-state index in [9.17, 15) is 0 Å². The van der Waals surface area contributed by atoms with Crippen LogP contribution in [0.15, 0.2) is 18.2 Å². The Morgan fingerprint density at radius 3 is 3.16 bits per heavy atom. The molecule has 0 radical (unpaired) electrons. The minimum absolute atomic E-state index is 0.584. The van der Waals surface area contributed by atoms with Crippen LogP contribution in [0.5, 0.6) is 5.75 Å². The standard InChI is InChI=1S/C16H24N2O/c1-18-11-3-2-6-13(18)12-19-16-9-4-8-15-14(16)7-5-10-17-15/h4,8-9,13,17H,2-3,5-7,10-12H2,1H3. The summed E-state index contributed by atoms with van der Waals surface area (Å²) in [6, 6.07) is 6.96. The maximum Gasteiger partial charge on any atom is 0.124 e. The highest BCUT2D eigenvalue weighted by atomic mass is 16.5. The number of nitrogens with one attached hydrogen (secondary N) is 1. The molecule has 0 spiro atoms. The Hall–Kier alpha value is -1.22. The highest BCUT2D eigenvalue weighted by molar-refractivity contribution is 5.59. The lowest BCUT2D eigenvalue weighted by Gasteiger charge is -2.32. The Morgan fingerprint density at radius 1 is 1.32 bits per heavy atom. The predicted molar refractivity (Wildman–Crippen MR) is 79.0 cm³/mol. The van der Waals surface area contributed by atoms with Gasteiger partial charge in [-0.25, -0.2) is 0 Å². The molecule has 2 aliphatic rings. The second-order valence-electron chi connectivity index (χ2n) is 5.75. The van der Waals surface area contributed by atoms with E-state index in [1.54, 1.807) is 0 Å². The molecule has 1 aromatic carbocycles. The molecular weight excluding hydrogens is 236 g/mol. The van der Waals surface area contributed by atoms with E-state index in [4.69, 9.17) is 4.74 Å². The first kappa shape index (κ1) is 12.8. The minimum atomic E-state index is 0.584. The van der Waals surface area contributed by atoms with Crippen molar-refractivity contribution in [2.45, 2.75) is 38.1 Å². The molecule has 1 N–H and O–H groups in total. The summed E-state index contributed by atoms with van der Waals surface area (Å²) in [6.07, 6.45) is 6.28. The maximum atomic E-state index is 6.13. The summed E-state index contributed by atoms with van der Waals surface area (Å²) in [5, 5.41) is 3.46. The second-order valence-corrected chi connectivity index (χ2v) is 5.75. The lowest BCUT2D eigenvalue weighted by Crippen LogP contribution is -2.40. The van der Waals surface area contributed by atoms with Crippen LogP contribution in [0.3, 0.4) is 0 Å². The van der Waals surface area contributed by atoms with Crippen molar-refractivity contribution in [2.75, 3.05) is 32.1 Å². The molecule has 1 atom stereocenters. The summed E-state index contributed by atoms with van der Waals surface area (Å²) in [5.74, 6) is 1.09. The fraction of sp³-hybridized carbons (Fsp3) is 0.625. The van der Waals surface area contributed by atoms with Gasteiger partial charge in [-0.1, -0.05) is 12.5 Å². The van der Waals surface area contributed by atoms with E-state index in [-0.39, 0.29) is 0 Å². The fourth-order valence-electron chi connectivity index (χ4n) is 3.15. The molecule has 3 heteroatoms. The third-order valence-corrected chi connectivity index (χ3v) is 4.40. The van der Waals surface area contributed by atoms with Crippen molar-refractivity contribution >= 4 is 5.69 Å². The van der Waals surface area contributed by atoms with E-state index in [2.05, 4.69) is 35.5 Å². The molecule has 19 heavy (non-hydrogen) atoms. The van der Waals surface area contributed by atoms with E-state index in [1.165, 1.54) is 43.5 Å². The van der Waals surface area contributed by atoms with Gasteiger partial charge < -0.3 is 15.0 Å². The number of likely N-dealkylation sites (tertiary alicyclic amines) is 1. The molecular formula is C16H24N2O. The summed E-state index contributed by atoms with van der Waals surface area (Å²) in [4.78, 5) is 2.44. The Bertz CT molecular complexity index is 433.